The smallest absolute Gasteiger partial charge is 0.316 e. The van der Waals surface area contributed by atoms with E-state index < -0.39 is 0 Å². The van der Waals surface area contributed by atoms with Crippen LogP contribution < -0.4 is 0 Å². The Bertz CT molecular complexity index is 104. The third-order valence-corrected chi connectivity index (χ3v) is 1.59. The van der Waals surface area contributed by atoms with Crippen LogP contribution in [0.25, 0.3) is 0 Å². The molecule has 0 saturated carbocycles. The van der Waals surface area contributed by atoms with Gasteiger partial charge in [0.2, 0.25) is 0 Å². The summed E-state index contributed by atoms with van der Waals surface area (Å²) < 4.78 is 4.95. The first kappa shape index (κ1) is 9.95. The van der Waals surface area contributed by atoms with Crippen molar-refractivity contribution in [3.8, 4) is 0 Å². The highest BCUT2D eigenvalue weighted by Crippen LogP contribution is 2.01. The Morgan fingerprint density at radius 1 is 1.70 bits per heavy atom. The van der Waals surface area contributed by atoms with Gasteiger partial charge in [0.25, 0.3) is 0 Å². The molecule has 0 aliphatic heterocycles. The molecule has 0 heterocycles. The summed E-state index contributed by atoms with van der Waals surface area (Å²) in [6.45, 7) is 3.97. The van der Waals surface area contributed by atoms with Crippen molar-refractivity contribution in [2.75, 3.05) is 5.33 Å². The van der Waals surface area contributed by atoms with Crippen LogP contribution in [0.4, 0.5) is 0 Å². The van der Waals surface area contributed by atoms with Crippen LogP contribution in [0.3, 0.4) is 0 Å². The van der Waals surface area contributed by atoms with Crippen molar-refractivity contribution in [2.24, 2.45) is 0 Å². The molecular weight excluding hydrogens is 196 g/mol. The molecule has 0 fully saturated rings. The van der Waals surface area contributed by atoms with Gasteiger partial charge in [0.15, 0.2) is 0 Å². The number of hydrogen-bond donors (Lipinski definition) is 0. The Morgan fingerprint density at radius 3 is 2.70 bits per heavy atom. The van der Waals surface area contributed by atoms with E-state index in [0.29, 0.717) is 5.33 Å². The van der Waals surface area contributed by atoms with Crippen LogP contribution in [0.5, 0.6) is 0 Å². The zero-order valence-electron chi connectivity index (χ0n) is 6.39. The van der Waals surface area contributed by atoms with E-state index in [0.717, 1.165) is 12.8 Å². The minimum absolute atomic E-state index is 0.0649. The summed E-state index contributed by atoms with van der Waals surface area (Å²) in [6, 6.07) is 0. The molecule has 1 unspecified atom stereocenters. The van der Waals surface area contributed by atoms with Gasteiger partial charge in [-0.25, -0.2) is 0 Å². The molecule has 0 bridgehead atoms. The Hall–Kier alpha value is -0.0500. The molecule has 0 spiro atoms. The quantitative estimate of drug-likeness (QED) is 0.523. The molecule has 60 valence electrons. The van der Waals surface area contributed by atoms with E-state index in [9.17, 15) is 4.79 Å². The van der Waals surface area contributed by atoms with Gasteiger partial charge in [0.05, 0.1) is 6.10 Å². The summed E-state index contributed by atoms with van der Waals surface area (Å²) in [7, 11) is 0. The Kier molecular flexibility index (Phi) is 5.69. The molecule has 10 heavy (non-hydrogen) atoms. The van der Waals surface area contributed by atoms with Gasteiger partial charge < -0.3 is 4.74 Å². The van der Waals surface area contributed by atoms with Crippen LogP contribution in [0.15, 0.2) is 0 Å². The highest BCUT2D eigenvalue weighted by Gasteiger charge is 2.05. The molecule has 0 aromatic rings. The number of ether oxygens (including phenoxy) is 1. The van der Waals surface area contributed by atoms with E-state index in [-0.39, 0.29) is 12.1 Å². The predicted octanol–water partition coefficient (Wildman–Crippen LogP) is 2.11. The lowest BCUT2D eigenvalue weighted by molar-refractivity contribution is -0.145. The summed E-state index contributed by atoms with van der Waals surface area (Å²) in [5.41, 5.74) is 0. The van der Waals surface area contributed by atoms with Crippen molar-refractivity contribution in [1.82, 2.24) is 0 Å². The molecular formula is C7H13BrO2. The first-order valence-electron chi connectivity index (χ1n) is 3.46. The second kappa shape index (κ2) is 5.71. The maximum Gasteiger partial charge on any atom is 0.316 e. The normalized spacial score (nSPS) is 12.7. The summed E-state index contributed by atoms with van der Waals surface area (Å²) >= 11 is 3.02. The lowest BCUT2D eigenvalue weighted by Crippen LogP contribution is -2.14. The molecule has 0 N–H and O–H groups in total. The molecule has 0 amide bonds. The summed E-state index contributed by atoms with van der Waals surface area (Å²) in [4.78, 5) is 10.6. The second-order valence-electron chi connectivity index (χ2n) is 2.22. The maximum absolute atomic E-state index is 10.6. The molecule has 0 aromatic carbocycles. The fraction of sp³-hybridized carbons (Fsp3) is 0.857. The summed E-state index contributed by atoms with van der Waals surface area (Å²) in [5, 5.41) is 0.293. The van der Waals surface area contributed by atoms with Crippen LogP contribution in [-0.2, 0) is 9.53 Å². The van der Waals surface area contributed by atoms with Crippen molar-refractivity contribution in [3.63, 3.8) is 0 Å². The first-order chi connectivity index (χ1) is 4.70. The summed E-state index contributed by atoms with van der Waals surface area (Å²) in [5.74, 6) is -0.180. The van der Waals surface area contributed by atoms with Gasteiger partial charge in [0, 0.05) is 0 Å². The number of rotatable bonds is 4. The van der Waals surface area contributed by atoms with Crippen molar-refractivity contribution in [1.29, 1.82) is 0 Å². The monoisotopic (exact) mass is 208 g/mol. The second-order valence-corrected chi connectivity index (χ2v) is 2.78. The third-order valence-electron chi connectivity index (χ3n) is 1.14. The molecule has 0 aliphatic rings. The lowest BCUT2D eigenvalue weighted by Gasteiger charge is -2.09. The van der Waals surface area contributed by atoms with Gasteiger partial charge in [-0.2, -0.15) is 0 Å². The van der Waals surface area contributed by atoms with Crippen LogP contribution >= 0.6 is 15.9 Å². The van der Waals surface area contributed by atoms with E-state index in [4.69, 9.17) is 4.74 Å². The Balaban J connectivity index is 3.37. The van der Waals surface area contributed by atoms with E-state index in [1.54, 1.807) is 0 Å². The zero-order chi connectivity index (χ0) is 7.98. The van der Waals surface area contributed by atoms with Crippen molar-refractivity contribution < 1.29 is 9.53 Å². The van der Waals surface area contributed by atoms with Crippen molar-refractivity contribution in [2.45, 2.75) is 32.8 Å². The maximum atomic E-state index is 10.6. The number of esters is 1. The van der Waals surface area contributed by atoms with Crippen molar-refractivity contribution in [3.05, 3.63) is 0 Å². The van der Waals surface area contributed by atoms with Gasteiger partial charge in [-0.3, -0.25) is 4.79 Å². The molecule has 1 atom stereocenters. The Labute approximate surface area is 70.1 Å². The van der Waals surface area contributed by atoms with Crippen LogP contribution in [0.1, 0.15) is 26.7 Å². The van der Waals surface area contributed by atoms with Crippen LogP contribution in [-0.4, -0.2) is 17.4 Å². The number of halogens is 1. The van der Waals surface area contributed by atoms with Crippen molar-refractivity contribution >= 4 is 21.9 Å². The molecule has 0 saturated heterocycles. The highest BCUT2D eigenvalue weighted by atomic mass is 79.9. The summed E-state index contributed by atoms with van der Waals surface area (Å²) in [6.07, 6.45) is 2.06. The Morgan fingerprint density at radius 2 is 2.30 bits per heavy atom. The van der Waals surface area contributed by atoms with Gasteiger partial charge in [-0.1, -0.05) is 29.3 Å². The third kappa shape index (κ3) is 4.79. The van der Waals surface area contributed by atoms with Gasteiger partial charge >= 0.3 is 5.97 Å². The topological polar surface area (TPSA) is 26.3 Å². The fourth-order valence-electron chi connectivity index (χ4n) is 0.721. The van der Waals surface area contributed by atoms with Gasteiger partial charge in [-0.15, -0.1) is 0 Å². The van der Waals surface area contributed by atoms with E-state index in [2.05, 4.69) is 22.9 Å². The molecule has 3 heteroatoms. The predicted molar refractivity (Wildman–Crippen MR) is 44.3 cm³/mol. The molecule has 0 radical (unpaired) electrons. The number of hydrogen-bond acceptors (Lipinski definition) is 2. The van der Waals surface area contributed by atoms with Gasteiger partial charge in [0.1, 0.15) is 5.33 Å². The minimum Gasteiger partial charge on any atom is -0.462 e. The number of carbonyl (C=O) groups excluding carboxylic acids is 1. The van der Waals surface area contributed by atoms with Crippen LogP contribution in [0, 0.1) is 0 Å². The fourth-order valence-corrected chi connectivity index (χ4v) is 0.854. The van der Waals surface area contributed by atoms with Gasteiger partial charge in [-0.05, 0) is 13.3 Å². The average molecular weight is 209 g/mol. The lowest BCUT2D eigenvalue weighted by atomic mass is 10.2. The number of carbonyl (C=O) groups is 1. The van der Waals surface area contributed by atoms with E-state index in [1.165, 1.54) is 0 Å². The molecule has 0 aromatic heterocycles. The number of alkyl halides is 1. The molecule has 0 rings (SSSR count). The van der Waals surface area contributed by atoms with Crippen LogP contribution in [0.2, 0.25) is 0 Å². The minimum atomic E-state index is -0.180. The highest BCUT2D eigenvalue weighted by molar-refractivity contribution is 9.09. The average Bonchev–Trinajstić information content (AvgIpc) is 1.88. The molecule has 2 nitrogen and oxygen atoms in total. The zero-order valence-corrected chi connectivity index (χ0v) is 7.98. The first-order valence-corrected chi connectivity index (χ1v) is 4.58. The molecule has 0 aliphatic carbocycles. The largest absolute Gasteiger partial charge is 0.462 e. The standard InChI is InChI=1S/C7H13BrO2/c1-3-4-6(2)10-7(9)5-8/h6H,3-5H2,1-2H3. The van der Waals surface area contributed by atoms with E-state index in [1.807, 2.05) is 6.92 Å². The SMILES string of the molecule is CCCC(C)OC(=O)CBr. The van der Waals surface area contributed by atoms with E-state index >= 15 is 0 Å².